The lowest BCUT2D eigenvalue weighted by atomic mass is 10.2. The van der Waals surface area contributed by atoms with Gasteiger partial charge in [-0.2, -0.15) is 0 Å². The van der Waals surface area contributed by atoms with Gasteiger partial charge in [0, 0.05) is 12.2 Å². The number of carbonyl (C=O) groups is 1. The second kappa shape index (κ2) is 6.78. The number of hydrogen-bond donors (Lipinski definition) is 1. The highest BCUT2D eigenvalue weighted by atomic mass is 35.5. The Bertz CT molecular complexity index is 753. The number of anilines is 2. The van der Waals surface area contributed by atoms with Gasteiger partial charge in [-0.05, 0) is 24.1 Å². The Kier molecular flexibility index (Phi) is 4.93. The second-order valence-corrected chi connectivity index (χ2v) is 6.76. The lowest BCUT2D eigenvalue weighted by Crippen LogP contribution is -2.32. The van der Waals surface area contributed by atoms with Gasteiger partial charge in [-0.15, -0.1) is 0 Å². The number of rotatable bonds is 3. The number of para-hydroxylation sites is 1. The second-order valence-electron chi connectivity index (χ2n) is 5.19. The van der Waals surface area contributed by atoms with E-state index in [2.05, 4.69) is 11.4 Å². The average molecular weight is 390 g/mol. The van der Waals surface area contributed by atoms with Crippen molar-refractivity contribution in [3.8, 4) is 0 Å². The van der Waals surface area contributed by atoms with Crippen molar-refractivity contribution in [3.05, 3.63) is 56.0 Å². The van der Waals surface area contributed by atoms with Gasteiger partial charge in [0.15, 0.2) is 0 Å². The van der Waals surface area contributed by atoms with Gasteiger partial charge in [-0.1, -0.05) is 64.6 Å². The first-order valence-electron chi connectivity index (χ1n) is 6.93. The molecular formula is C16H12Cl4N2O. The van der Waals surface area contributed by atoms with Crippen LogP contribution in [0.4, 0.5) is 11.4 Å². The van der Waals surface area contributed by atoms with Crippen LogP contribution in [0.2, 0.25) is 20.1 Å². The molecule has 2 aromatic rings. The van der Waals surface area contributed by atoms with E-state index in [0.717, 1.165) is 18.7 Å². The summed E-state index contributed by atoms with van der Waals surface area (Å²) in [7, 11) is 0. The highest BCUT2D eigenvalue weighted by Gasteiger charge is 2.22. The number of nitrogens with zero attached hydrogens (tertiary/aromatic N) is 1. The summed E-state index contributed by atoms with van der Waals surface area (Å²) in [6, 6.07) is 9.47. The molecule has 3 rings (SSSR count). The van der Waals surface area contributed by atoms with E-state index in [4.69, 9.17) is 46.4 Å². The Morgan fingerprint density at radius 2 is 1.74 bits per heavy atom. The van der Waals surface area contributed by atoms with Crippen molar-refractivity contribution in [2.24, 2.45) is 0 Å². The zero-order valence-electron chi connectivity index (χ0n) is 11.9. The average Bonchev–Trinajstić information content (AvgIpc) is 2.93. The minimum Gasteiger partial charge on any atom is -0.362 e. The largest absolute Gasteiger partial charge is 0.362 e. The predicted octanol–water partition coefficient (Wildman–Crippen LogP) is 5.30. The Hall–Kier alpha value is -1.13. The quantitative estimate of drug-likeness (QED) is 0.722. The first-order valence-corrected chi connectivity index (χ1v) is 8.44. The summed E-state index contributed by atoms with van der Waals surface area (Å²) >= 11 is 24.2. The van der Waals surface area contributed by atoms with Crippen molar-refractivity contribution in [2.45, 2.75) is 6.42 Å². The summed E-state index contributed by atoms with van der Waals surface area (Å²) in [6.07, 6.45) is 0.925. The molecule has 0 atom stereocenters. The standard InChI is InChI=1S/C16H12Cl4N2O/c17-10-7-11(18)15(20)16(14(10)19)21-13(23)8-22-6-5-9-3-1-2-4-12(9)22/h1-4,7H,5-6,8H2,(H,21,23). The maximum absolute atomic E-state index is 12.3. The number of hydrogen-bond acceptors (Lipinski definition) is 2. The van der Waals surface area contributed by atoms with Gasteiger partial charge in [-0.25, -0.2) is 0 Å². The van der Waals surface area contributed by atoms with Gasteiger partial charge in [0.05, 0.1) is 32.3 Å². The van der Waals surface area contributed by atoms with Crippen LogP contribution in [0, 0.1) is 0 Å². The summed E-state index contributed by atoms with van der Waals surface area (Å²) in [5, 5.41) is 3.54. The summed E-state index contributed by atoms with van der Waals surface area (Å²) in [5.41, 5.74) is 2.55. The number of fused-ring (bicyclic) bond motifs is 1. The number of nitrogens with one attached hydrogen (secondary N) is 1. The fourth-order valence-electron chi connectivity index (χ4n) is 2.61. The van der Waals surface area contributed by atoms with Crippen LogP contribution >= 0.6 is 46.4 Å². The molecule has 7 heteroatoms. The third-order valence-corrected chi connectivity index (χ3v) is 5.27. The zero-order valence-corrected chi connectivity index (χ0v) is 14.9. The molecule has 0 spiro atoms. The van der Waals surface area contributed by atoms with Gasteiger partial charge < -0.3 is 10.2 Å². The zero-order chi connectivity index (χ0) is 16.6. The fraction of sp³-hybridized carbons (Fsp3) is 0.188. The van der Waals surface area contributed by atoms with Crippen LogP contribution in [-0.4, -0.2) is 19.0 Å². The third-order valence-electron chi connectivity index (χ3n) is 3.69. The molecule has 0 fully saturated rings. The third kappa shape index (κ3) is 3.38. The lowest BCUT2D eigenvalue weighted by Gasteiger charge is -2.19. The lowest BCUT2D eigenvalue weighted by molar-refractivity contribution is -0.115. The van der Waals surface area contributed by atoms with Crippen LogP contribution in [0.5, 0.6) is 0 Å². The molecule has 0 saturated carbocycles. The van der Waals surface area contributed by atoms with E-state index in [1.54, 1.807) is 0 Å². The van der Waals surface area contributed by atoms with E-state index in [9.17, 15) is 4.79 Å². The molecule has 0 radical (unpaired) electrons. The highest BCUT2D eigenvalue weighted by Crippen LogP contribution is 2.41. The van der Waals surface area contributed by atoms with Crippen LogP contribution in [0.25, 0.3) is 0 Å². The van der Waals surface area contributed by atoms with Crippen molar-refractivity contribution in [1.29, 1.82) is 0 Å². The molecule has 120 valence electrons. The molecule has 0 unspecified atom stereocenters. The SMILES string of the molecule is O=C(CN1CCc2ccccc21)Nc1c(Cl)c(Cl)cc(Cl)c1Cl. The van der Waals surface area contributed by atoms with Crippen molar-refractivity contribution < 1.29 is 4.79 Å². The molecule has 1 heterocycles. The van der Waals surface area contributed by atoms with Gasteiger partial charge in [0.25, 0.3) is 0 Å². The number of halogens is 4. The molecule has 0 aliphatic carbocycles. The maximum atomic E-state index is 12.3. The van der Waals surface area contributed by atoms with E-state index < -0.39 is 0 Å². The number of carbonyl (C=O) groups excluding carboxylic acids is 1. The molecular weight excluding hydrogens is 378 g/mol. The van der Waals surface area contributed by atoms with Gasteiger partial charge >= 0.3 is 0 Å². The predicted molar refractivity (Wildman–Crippen MR) is 97.5 cm³/mol. The van der Waals surface area contributed by atoms with E-state index >= 15 is 0 Å². The van der Waals surface area contributed by atoms with Gasteiger partial charge in [-0.3, -0.25) is 4.79 Å². The first kappa shape index (κ1) is 16.7. The summed E-state index contributed by atoms with van der Waals surface area (Å²) in [5.74, 6) is -0.233. The van der Waals surface area contributed by atoms with Crippen molar-refractivity contribution in [2.75, 3.05) is 23.3 Å². The van der Waals surface area contributed by atoms with Crippen LogP contribution < -0.4 is 10.2 Å². The van der Waals surface area contributed by atoms with Crippen molar-refractivity contribution in [3.63, 3.8) is 0 Å². The Morgan fingerprint density at radius 3 is 2.43 bits per heavy atom. The molecule has 0 bridgehead atoms. The Labute approximate surface area is 154 Å². The molecule has 0 aromatic heterocycles. The van der Waals surface area contributed by atoms with Gasteiger partial charge in [0.1, 0.15) is 0 Å². The topological polar surface area (TPSA) is 32.3 Å². The number of benzene rings is 2. The fourth-order valence-corrected chi connectivity index (χ4v) is 3.51. The summed E-state index contributed by atoms with van der Waals surface area (Å²) in [6.45, 7) is 0.998. The van der Waals surface area contributed by atoms with Gasteiger partial charge in [0.2, 0.25) is 5.91 Å². The summed E-state index contributed by atoms with van der Waals surface area (Å²) < 4.78 is 0. The maximum Gasteiger partial charge on any atom is 0.243 e. The monoisotopic (exact) mass is 388 g/mol. The van der Waals surface area contributed by atoms with E-state index in [0.29, 0.717) is 0 Å². The summed E-state index contributed by atoms with van der Waals surface area (Å²) in [4.78, 5) is 14.4. The highest BCUT2D eigenvalue weighted by molar-refractivity contribution is 6.50. The van der Waals surface area contributed by atoms with E-state index in [-0.39, 0.29) is 38.2 Å². The minimum atomic E-state index is -0.233. The van der Waals surface area contributed by atoms with Crippen LogP contribution in [0.1, 0.15) is 5.56 Å². The van der Waals surface area contributed by atoms with E-state index in [1.807, 2.05) is 23.1 Å². The Balaban J connectivity index is 1.77. The molecule has 1 N–H and O–H groups in total. The van der Waals surface area contributed by atoms with Crippen LogP contribution in [0.15, 0.2) is 30.3 Å². The van der Waals surface area contributed by atoms with Crippen molar-refractivity contribution >= 4 is 63.7 Å². The minimum absolute atomic E-state index is 0.177. The van der Waals surface area contributed by atoms with Crippen LogP contribution in [-0.2, 0) is 11.2 Å². The van der Waals surface area contributed by atoms with Crippen LogP contribution in [0.3, 0.4) is 0 Å². The molecule has 1 aliphatic rings. The Morgan fingerprint density at radius 1 is 1.09 bits per heavy atom. The molecule has 1 amide bonds. The molecule has 0 saturated heterocycles. The molecule has 23 heavy (non-hydrogen) atoms. The normalized spacial score (nSPS) is 13.1. The molecule has 1 aliphatic heterocycles. The molecule has 2 aromatic carbocycles. The molecule has 3 nitrogen and oxygen atoms in total. The number of amides is 1. The first-order chi connectivity index (χ1) is 11.0. The van der Waals surface area contributed by atoms with E-state index in [1.165, 1.54) is 11.6 Å². The smallest absolute Gasteiger partial charge is 0.243 e. The van der Waals surface area contributed by atoms with Crippen molar-refractivity contribution in [1.82, 2.24) is 0 Å².